The van der Waals surface area contributed by atoms with Crippen LogP contribution < -0.4 is 0 Å². The Labute approximate surface area is 323 Å². The van der Waals surface area contributed by atoms with Gasteiger partial charge in [-0.3, -0.25) is 4.79 Å². The SMILES string of the molecule is CC1=C[C@@H]([C@@H](C)[C@H]2[C@H](O)C[C@@]3(C)C4CCC5[C@@]6(CC[C@H](O[C@@H]7OC[C@H](O)[C@H](O)[C@H]7O[C@@H]7O[C@H](CO)[C@@H](O)[C@H](O)[C@H]7O)[C@@]5(C)CO)C[C@@]46CC[C@]23C)OC(=O)C1. The molecule has 2 saturated heterocycles. The molecule has 0 radical (unpaired) electrons. The fraction of sp³-hybridized carbons (Fsp3) is 0.927. The highest BCUT2D eigenvalue weighted by atomic mass is 16.8. The Hall–Kier alpha value is -1.27. The van der Waals surface area contributed by atoms with Gasteiger partial charge in [-0.1, -0.05) is 33.3 Å². The fourth-order valence-electron chi connectivity index (χ4n) is 14.4. The summed E-state index contributed by atoms with van der Waals surface area (Å²) in [5, 5.41) is 85.8. The van der Waals surface area contributed by atoms with Crippen molar-refractivity contribution in [3.63, 3.8) is 0 Å². The van der Waals surface area contributed by atoms with Crippen LogP contribution in [0.15, 0.2) is 11.6 Å². The highest BCUT2D eigenvalue weighted by Gasteiger charge is 2.83. The number of hydrogen-bond acceptors (Lipinski definition) is 14. The molecule has 8 N–H and O–H groups in total. The van der Waals surface area contributed by atoms with E-state index in [2.05, 4.69) is 33.8 Å². The Balaban J connectivity index is 1.01. The van der Waals surface area contributed by atoms with Gasteiger partial charge in [0.25, 0.3) is 0 Å². The quantitative estimate of drug-likeness (QED) is 0.0975. The average molecular weight is 781 g/mol. The summed E-state index contributed by atoms with van der Waals surface area (Å²) in [7, 11) is 0. The van der Waals surface area contributed by atoms with Crippen LogP contribution in [0.4, 0.5) is 0 Å². The number of fused-ring (bicyclic) bond motifs is 2. The average Bonchev–Trinajstić information content (AvgIpc) is 3.76. The Bertz CT molecular complexity index is 1510. The number of rotatable bonds is 8. The largest absolute Gasteiger partial charge is 0.458 e. The zero-order chi connectivity index (χ0) is 39.6. The lowest BCUT2D eigenvalue weighted by Crippen LogP contribution is -2.64. The number of carbonyl (C=O) groups excluding carboxylic acids is 1. The molecule has 7 fully saturated rings. The number of ether oxygens (including phenoxy) is 5. The molecule has 55 heavy (non-hydrogen) atoms. The zero-order valence-corrected chi connectivity index (χ0v) is 32.8. The van der Waals surface area contributed by atoms with Crippen molar-refractivity contribution in [1.29, 1.82) is 0 Å². The van der Waals surface area contributed by atoms with Gasteiger partial charge in [-0.2, -0.15) is 0 Å². The summed E-state index contributed by atoms with van der Waals surface area (Å²) in [6, 6.07) is 0. The monoisotopic (exact) mass is 780 g/mol. The lowest BCUT2D eigenvalue weighted by atomic mass is 9.41. The minimum Gasteiger partial charge on any atom is -0.458 e. The Kier molecular flexibility index (Phi) is 10.2. The van der Waals surface area contributed by atoms with Crippen LogP contribution >= 0.6 is 0 Å². The lowest BCUT2D eigenvalue weighted by molar-refractivity contribution is -0.367. The molecule has 0 amide bonds. The molecule has 0 aromatic heterocycles. The minimum absolute atomic E-state index is 0.000358. The summed E-state index contributed by atoms with van der Waals surface area (Å²) in [5.74, 6) is 0.276. The first-order valence-corrected chi connectivity index (χ1v) is 20.7. The van der Waals surface area contributed by atoms with E-state index in [1.807, 2.05) is 6.92 Å². The van der Waals surface area contributed by atoms with E-state index in [4.69, 9.17) is 23.7 Å². The van der Waals surface area contributed by atoms with E-state index in [1.165, 1.54) is 0 Å². The smallest absolute Gasteiger partial charge is 0.310 e. The van der Waals surface area contributed by atoms with Gasteiger partial charge in [0.2, 0.25) is 0 Å². The molecule has 8 rings (SSSR count). The molecule has 21 atom stereocenters. The number of carbonyl (C=O) groups is 1. The molecular formula is C41H64O14. The predicted octanol–water partition coefficient (Wildman–Crippen LogP) is 0.915. The van der Waals surface area contributed by atoms with Crippen molar-refractivity contribution in [3.05, 3.63) is 11.6 Å². The molecule has 3 heterocycles. The van der Waals surface area contributed by atoms with Gasteiger partial charge in [0.1, 0.15) is 48.8 Å². The van der Waals surface area contributed by atoms with E-state index < -0.39 is 79.5 Å². The highest BCUT2D eigenvalue weighted by Crippen LogP contribution is 2.89. The predicted molar refractivity (Wildman–Crippen MR) is 192 cm³/mol. The van der Waals surface area contributed by atoms with Gasteiger partial charge in [0.15, 0.2) is 12.6 Å². The van der Waals surface area contributed by atoms with Crippen LogP contribution in [-0.4, -0.2) is 140 Å². The summed E-state index contributed by atoms with van der Waals surface area (Å²) in [4.78, 5) is 12.4. The summed E-state index contributed by atoms with van der Waals surface area (Å²) in [6.45, 7) is 9.92. The van der Waals surface area contributed by atoms with Crippen molar-refractivity contribution in [2.45, 2.75) is 166 Å². The first-order valence-electron chi connectivity index (χ1n) is 20.7. The third-order valence-electron chi connectivity index (χ3n) is 17.3. The third-order valence-corrected chi connectivity index (χ3v) is 17.3. The topological polar surface area (TPSA) is 225 Å². The second-order valence-corrected chi connectivity index (χ2v) is 19.7. The maximum Gasteiger partial charge on any atom is 0.310 e. The summed E-state index contributed by atoms with van der Waals surface area (Å²) in [6.07, 6.45) is -5.16. The second-order valence-electron chi connectivity index (χ2n) is 19.7. The van der Waals surface area contributed by atoms with Crippen LogP contribution in [0.3, 0.4) is 0 Å². The van der Waals surface area contributed by atoms with Gasteiger partial charge in [-0.05, 0) is 104 Å². The van der Waals surface area contributed by atoms with Gasteiger partial charge in [0, 0.05) is 11.3 Å². The summed E-state index contributed by atoms with van der Waals surface area (Å²) in [5.41, 5.74) is 0.133. The van der Waals surface area contributed by atoms with Gasteiger partial charge >= 0.3 is 5.97 Å². The van der Waals surface area contributed by atoms with Gasteiger partial charge in [-0.15, -0.1) is 0 Å². The first kappa shape index (κ1) is 40.5. The molecule has 5 aliphatic carbocycles. The third kappa shape index (κ3) is 5.74. The van der Waals surface area contributed by atoms with Gasteiger partial charge < -0.3 is 64.5 Å². The van der Waals surface area contributed by atoms with E-state index in [0.717, 1.165) is 44.1 Å². The van der Waals surface area contributed by atoms with Crippen molar-refractivity contribution in [1.82, 2.24) is 0 Å². The molecule has 3 aliphatic heterocycles. The Morgan fingerprint density at radius 3 is 2.24 bits per heavy atom. The molecule has 0 aromatic carbocycles. The van der Waals surface area contributed by atoms with Crippen LogP contribution in [0.5, 0.6) is 0 Å². The van der Waals surface area contributed by atoms with E-state index >= 15 is 0 Å². The first-order chi connectivity index (χ1) is 25.9. The van der Waals surface area contributed by atoms with E-state index in [-0.39, 0.29) is 64.7 Å². The molecular weight excluding hydrogens is 716 g/mol. The molecule has 2 unspecified atom stereocenters. The fourth-order valence-corrected chi connectivity index (χ4v) is 14.4. The molecule has 14 nitrogen and oxygen atoms in total. The van der Waals surface area contributed by atoms with E-state index in [0.29, 0.717) is 25.2 Å². The van der Waals surface area contributed by atoms with Crippen LogP contribution in [0.1, 0.15) is 92.4 Å². The number of esters is 1. The van der Waals surface area contributed by atoms with Crippen molar-refractivity contribution in [2.24, 2.45) is 50.7 Å². The standard InChI is InChI=1S/C41H64O14/c1-19-12-23(52-28(46)13-19)20(2)29-21(44)14-39(5)26-7-6-25-37(3,18-43)27(8-9-40(25)17-41(26,40)11-10-38(29,39)4)54-36-34(30(47)22(45)16-51-36)55-35-33(50)32(49)31(48)24(15-42)53-35/h12,20-27,29-36,42-45,47-50H,6-11,13-18H2,1-5H3/t20-,21-,22+,23+,24-,25?,26?,27+,29+,30+,31-,32+,33-,34-,35+,36+,37+,38-,39+,40-,41+/m1/s1. The molecule has 2 spiro atoms. The van der Waals surface area contributed by atoms with Crippen molar-refractivity contribution >= 4 is 5.97 Å². The van der Waals surface area contributed by atoms with Crippen LogP contribution in [0.25, 0.3) is 0 Å². The van der Waals surface area contributed by atoms with E-state index in [1.54, 1.807) is 0 Å². The molecule has 0 bridgehead atoms. The molecule has 0 aromatic rings. The second kappa shape index (κ2) is 13.9. The van der Waals surface area contributed by atoms with Crippen molar-refractivity contribution in [2.75, 3.05) is 19.8 Å². The van der Waals surface area contributed by atoms with E-state index in [9.17, 15) is 45.6 Å². The summed E-state index contributed by atoms with van der Waals surface area (Å²) < 4.78 is 30.0. The van der Waals surface area contributed by atoms with Crippen LogP contribution in [0.2, 0.25) is 0 Å². The maximum absolute atomic E-state index is 12.4. The number of hydrogen-bond donors (Lipinski definition) is 8. The van der Waals surface area contributed by atoms with Crippen LogP contribution in [0, 0.1) is 50.7 Å². The Morgan fingerprint density at radius 1 is 0.836 bits per heavy atom. The van der Waals surface area contributed by atoms with Gasteiger partial charge in [-0.25, -0.2) is 0 Å². The number of cyclic esters (lactones) is 1. The molecule has 5 saturated carbocycles. The van der Waals surface area contributed by atoms with Crippen molar-refractivity contribution in [3.8, 4) is 0 Å². The molecule has 312 valence electrons. The van der Waals surface area contributed by atoms with Gasteiger partial charge in [0.05, 0.1) is 38.4 Å². The highest BCUT2D eigenvalue weighted by molar-refractivity contribution is 5.74. The lowest BCUT2D eigenvalue weighted by Gasteiger charge is -2.63. The minimum atomic E-state index is -1.73. The summed E-state index contributed by atoms with van der Waals surface area (Å²) >= 11 is 0. The Morgan fingerprint density at radius 2 is 1.55 bits per heavy atom. The normalized spacial score (nSPS) is 56.6. The molecule has 14 heteroatoms. The maximum atomic E-state index is 12.4. The number of aliphatic hydroxyl groups excluding tert-OH is 8. The zero-order valence-electron chi connectivity index (χ0n) is 32.8. The van der Waals surface area contributed by atoms with Crippen molar-refractivity contribution < 1.29 is 69.3 Å². The molecule has 8 aliphatic rings. The number of aliphatic hydroxyl groups is 8. The van der Waals surface area contributed by atoms with Crippen LogP contribution in [-0.2, 0) is 28.5 Å².